The van der Waals surface area contributed by atoms with Gasteiger partial charge in [0.1, 0.15) is 0 Å². The van der Waals surface area contributed by atoms with Crippen LogP contribution < -0.4 is 14.8 Å². The SMILES string of the molecule is COc1ccc(/C=N\OCC(=O)NCCC2=CCCCC2)cc1OC. The van der Waals surface area contributed by atoms with E-state index in [0.717, 1.165) is 24.8 Å². The number of carbonyl (C=O) groups excluding carboxylic acids is 1. The van der Waals surface area contributed by atoms with Crippen molar-refractivity contribution in [2.24, 2.45) is 5.16 Å². The Labute approximate surface area is 148 Å². The average Bonchev–Trinajstić information content (AvgIpc) is 2.66. The quantitative estimate of drug-likeness (QED) is 0.424. The fourth-order valence-corrected chi connectivity index (χ4v) is 2.67. The highest BCUT2D eigenvalue weighted by atomic mass is 16.6. The summed E-state index contributed by atoms with van der Waals surface area (Å²) in [6, 6.07) is 5.39. The molecule has 0 radical (unpaired) electrons. The number of allylic oxidation sites excluding steroid dienone is 1. The van der Waals surface area contributed by atoms with Crippen LogP contribution in [0.5, 0.6) is 11.5 Å². The van der Waals surface area contributed by atoms with Crippen LogP contribution in [0.2, 0.25) is 0 Å². The van der Waals surface area contributed by atoms with Gasteiger partial charge in [-0.15, -0.1) is 0 Å². The topological polar surface area (TPSA) is 69.2 Å². The van der Waals surface area contributed by atoms with Crippen molar-refractivity contribution in [1.29, 1.82) is 0 Å². The lowest BCUT2D eigenvalue weighted by atomic mass is 9.97. The minimum absolute atomic E-state index is 0.0944. The second-order valence-corrected chi connectivity index (χ2v) is 5.83. The van der Waals surface area contributed by atoms with E-state index in [0.29, 0.717) is 18.0 Å². The van der Waals surface area contributed by atoms with Crippen molar-refractivity contribution >= 4 is 12.1 Å². The number of nitrogens with one attached hydrogen (secondary N) is 1. The summed E-state index contributed by atoms with van der Waals surface area (Å²) in [7, 11) is 3.15. The third-order valence-electron chi connectivity index (χ3n) is 4.03. The Hall–Kier alpha value is -2.50. The molecular weight excluding hydrogens is 320 g/mol. The van der Waals surface area contributed by atoms with Gasteiger partial charge in [-0.05, 0) is 50.3 Å². The van der Waals surface area contributed by atoms with Crippen LogP contribution in [-0.4, -0.2) is 39.5 Å². The molecule has 0 aromatic heterocycles. The number of carbonyl (C=O) groups is 1. The van der Waals surface area contributed by atoms with Crippen LogP contribution in [0, 0.1) is 0 Å². The Bertz CT molecular complexity index is 626. The molecular formula is C19H26N2O4. The van der Waals surface area contributed by atoms with E-state index in [4.69, 9.17) is 14.3 Å². The fourth-order valence-electron chi connectivity index (χ4n) is 2.67. The smallest absolute Gasteiger partial charge is 0.260 e. The van der Waals surface area contributed by atoms with Gasteiger partial charge < -0.3 is 19.6 Å². The molecule has 25 heavy (non-hydrogen) atoms. The molecule has 6 nitrogen and oxygen atoms in total. The van der Waals surface area contributed by atoms with Gasteiger partial charge >= 0.3 is 0 Å². The van der Waals surface area contributed by atoms with Crippen molar-refractivity contribution in [2.75, 3.05) is 27.4 Å². The summed E-state index contributed by atoms with van der Waals surface area (Å²) in [6.45, 7) is 0.552. The predicted molar refractivity (Wildman–Crippen MR) is 97.3 cm³/mol. The Morgan fingerprint density at radius 1 is 1.24 bits per heavy atom. The minimum atomic E-state index is -0.166. The van der Waals surface area contributed by atoms with Gasteiger partial charge in [-0.1, -0.05) is 16.8 Å². The van der Waals surface area contributed by atoms with Crippen LogP contribution in [0.25, 0.3) is 0 Å². The van der Waals surface area contributed by atoms with Crippen molar-refractivity contribution in [1.82, 2.24) is 5.32 Å². The number of ether oxygens (including phenoxy) is 2. The fraction of sp³-hybridized carbons (Fsp3) is 0.474. The number of hydrogen-bond acceptors (Lipinski definition) is 5. The lowest BCUT2D eigenvalue weighted by Crippen LogP contribution is -2.28. The second kappa shape index (κ2) is 10.4. The molecule has 0 aliphatic heterocycles. The predicted octanol–water partition coefficient (Wildman–Crippen LogP) is 3.06. The van der Waals surface area contributed by atoms with E-state index in [1.807, 2.05) is 6.07 Å². The molecule has 1 aliphatic rings. The maximum absolute atomic E-state index is 11.7. The summed E-state index contributed by atoms with van der Waals surface area (Å²) in [5.74, 6) is 1.09. The number of nitrogens with zero attached hydrogens (tertiary/aromatic N) is 1. The van der Waals surface area contributed by atoms with E-state index in [2.05, 4.69) is 16.5 Å². The highest BCUT2D eigenvalue weighted by Crippen LogP contribution is 2.26. The van der Waals surface area contributed by atoms with Crippen LogP contribution in [0.3, 0.4) is 0 Å². The molecule has 6 heteroatoms. The van der Waals surface area contributed by atoms with E-state index < -0.39 is 0 Å². The summed E-state index contributed by atoms with van der Waals surface area (Å²) in [5.41, 5.74) is 2.24. The van der Waals surface area contributed by atoms with E-state index in [9.17, 15) is 4.79 Å². The zero-order valence-corrected chi connectivity index (χ0v) is 14.9. The number of benzene rings is 1. The van der Waals surface area contributed by atoms with Gasteiger partial charge in [0.25, 0.3) is 5.91 Å². The first kappa shape index (κ1) is 18.8. The summed E-state index contributed by atoms with van der Waals surface area (Å²) < 4.78 is 10.4. The first-order chi connectivity index (χ1) is 12.2. The van der Waals surface area contributed by atoms with Gasteiger partial charge in [0.2, 0.25) is 0 Å². The third-order valence-corrected chi connectivity index (χ3v) is 4.03. The summed E-state index contributed by atoms with van der Waals surface area (Å²) in [4.78, 5) is 16.8. The molecule has 0 saturated carbocycles. The average molecular weight is 346 g/mol. The molecule has 1 aromatic rings. The zero-order chi connectivity index (χ0) is 17.9. The van der Waals surface area contributed by atoms with Gasteiger partial charge in [-0.25, -0.2) is 0 Å². The second-order valence-electron chi connectivity index (χ2n) is 5.83. The van der Waals surface area contributed by atoms with Crippen molar-refractivity contribution in [3.05, 3.63) is 35.4 Å². The van der Waals surface area contributed by atoms with Crippen LogP contribution in [0.1, 0.15) is 37.7 Å². The van der Waals surface area contributed by atoms with Gasteiger partial charge in [0, 0.05) is 12.1 Å². The van der Waals surface area contributed by atoms with Crippen molar-refractivity contribution in [3.8, 4) is 11.5 Å². The maximum Gasteiger partial charge on any atom is 0.260 e. The zero-order valence-electron chi connectivity index (χ0n) is 14.9. The lowest BCUT2D eigenvalue weighted by Gasteiger charge is -2.12. The van der Waals surface area contributed by atoms with E-state index >= 15 is 0 Å². The van der Waals surface area contributed by atoms with Crippen molar-refractivity contribution in [2.45, 2.75) is 32.1 Å². The van der Waals surface area contributed by atoms with Crippen LogP contribution >= 0.6 is 0 Å². The van der Waals surface area contributed by atoms with Crippen LogP contribution in [0.4, 0.5) is 0 Å². The molecule has 0 atom stereocenters. The molecule has 0 bridgehead atoms. The Balaban J connectivity index is 1.68. The number of rotatable bonds is 9. The monoisotopic (exact) mass is 346 g/mol. The Morgan fingerprint density at radius 3 is 2.80 bits per heavy atom. The number of amides is 1. The molecule has 1 amide bonds. The molecule has 1 aromatic carbocycles. The molecule has 0 heterocycles. The molecule has 0 unspecified atom stereocenters. The standard InChI is InChI=1S/C19H26N2O4/c1-23-17-9-8-16(12-18(17)24-2)13-21-25-14-19(22)20-11-10-15-6-4-3-5-7-15/h6,8-9,12-13H,3-5,7,10-11,14H2,1-2H3,(H,20,22)/b21-13-. The maximum atomic E-state index is 11.7. The van der Waals surface area contributed by atoms with E-state index in [1.54, 1.807) is 26.4 Å². The number of oxime groups is 1. The molecule has 136 valence electrons. The largest absolute Gasteiger partial charge is 0.493 e. The lowest BCUT2D eigenvalue weighted by molar-refractivity contribution is -0.125. The van der Waals surface area contributed by atoms with Gasteiger partial charge in [-0.2, -0.15) is 0 Å². The normalized spacial score (nSPS) is 14.1. The van der Waals surface area contributed by atoms with E-state index in [-0.39, 0.29) is 12.5 Å². The van der Waals surface area contributed by atoms with Crippen molar-refractivity contribution < 1.29 is 19.1 Å². The first-order valence-corrected chi connectivity index (χ1v) is 8.55. The minimum Gasteiger partial charge on any atom is -0.493 e. The van der Waals surface area contributed by atoms with Crippen LogP contribution in [0.15, 0.2) is 35.0 Å². The number of hydrogen-bond donors (Lipinski definition) is 1. The van der Waals surface area contributed by atoms with Crippen LogP contribution in [-0.2, 0) is 9.63 Å². The molecule has 1 aliphatic carbocycles. The first-order valence-electron chi connectivity index (χ1n) is 8.55. The third kappa shape index (κ3) is 6.49. The molecule has 0 fully saturated rings. The summed E-state index contributed by atoms with van der Waals surface area (Å²) in [6.07, 6.45) is 9.59. The number of methoxy groups -OCH3 is 2. The van der Waals surface area contributed by atoms with Gasteiger partial charge in [0.15, 0.2) is 18.1 Å². The Morgan fingerprint density at radius 2 is 2.08 bits per heavy atom. The van der Waals surface area contributed by atoms with Gasteiger partial charge in [0.05, 0.1) is 20.4 Å². The molecule has 0 saturated heterocycles. The highest BCUT2D eigenvalue weighted by molar-refractivity contribution is 5.81. The van der Waals surface area contributed by atoms with Gasteiger partial charge in [-0.3, -0.25) is 4.79 Å². The summed E-state index contributed by atoms with van der Waals surface area (Å²) >= 11 is 0. The molecule has 0 spiro atoms. The van der Waals surface area contributed by atoms with E-state index in [1.165, 1.54) is 24.6 Å². The summed E-state index contributed by atoms with van der Waals surface area (Å²) in [5, 5.41) is 6.66. The van der Waals surface area contributed by atoms with Crippen molar-refractivity contribution in [3.63, 3.8) is 0 Å². The molecule has 2 rings (SSSR count). The highest BCUT2D eigenvalue weighted by Gasteiger charge is 2.06. The molecule has 1 N–H and O–H groups in total. The Kier molecular flexibility index (Phi) is 7.82.